The lowest BCUT2D eigenvalue weighted by atomic mass is 10.1. The summed E-state index contributed by atoms with van der Waals surface area (Å²) in [5, 5.41) is 7.69. The van der Waals surface area contributed by atoms with Gasteiger partial charge in [-0.3, -0.25) is 0 Å². The maximum absolute atomic E-state index is 4.41. The number of hydrogen-bond acceptors (Lipinski definition) is 3. The third-order valence-electron chi connectivity index (χ3n) is 2.74. The smallest absolute Gasteiger partial charge is 0.158 e. The maximum Gasteiger partial charge on any atom is 0.158 e. The summed E-state index contributed by atoms with van der Waals surface area (Å²) in [5.74, 6) is 0. The van der Waals surface area contributed by atoms with Gasteiger partial charge in [0.05, 0.1) is 11.9 Å². The Morgan fingerprint density at radius 3 is 3.29 bits per heavy atom. The fourth-order valence-corrected chi connectivity index (χ4v) is 1.97. The van der Waals surface area contributed by atoms with E-state index in [1.165, 1.54) is 11.3 Å². The summed E-state index contributed by atoms with van der Waals surface area (Å²) in [6, 6.07) is 0. The third kappa shape index (κ3) is 0.974. The molecule has 0 unspecified atom stereocenters. The zero-order valence-corrected chi connectivity index (χ0v) is 8.12. The number of rotatable bonds is 0. The first-order valence-corrected chi connectivity index (χ1v) is 4.88. The Hall–Kier alpha value is -1.42. The van der Waals surface area contributed by atoms with Gasteiger partial charge in [-0.1, -0.05) is 0 Å². The number of nitrogens with zero attached hydrogens (tertiary/aromatic N) is 3. The number of nitrogens with one attached hydrogen (secondary N) is 1. The van der Waals surface area contributed by atoms with E-state index in [9.17, 15) is 0 Å². The molecule has 0 spiro atoms. The van der Waals surface area contributed by atoms with Crippen molar-refractivity contribution >= 4 is 5.65 Å². The number of aryl methyl sites for hydroxylation is 1. The summed E-state index contributed by atoms with van der Waals surface area (Å²) in [4.78, 5) is 4.41. The van der Waals surface area contributed by atoms with E-state index in [1.807, 2.05) is 23.8 Å². The first-order chi connectivity index (χ1) is 6.86. The van der Waals surface area contributed by atoms with Crippen molar-refractivity contribution in [3.05, 3.63) is 29.2 Å². The van der Waals surface area contributed by atoms with E-state index in [4.69, 9.17) is 0 Å². The molecule has 0 radical (unpaired) electrons. The normalized spacial score (nSPS) is 15.8. The van der Waals surface area contributed by atoms with Gasteiger partial charge in [-0.15, -0.1) is 0 Å². The van der Waals surface area contributed by atoms with Gasteiger partial charge in [0, 0.05) is 36.8 Å². The summed E-state index contributed by atoms with van der Waals surface area (Å²) in [6.07, 6.45) is 4.88. The Kier molecular flexibility index (Phi) is 1.58. The maximum atomic E-state index is 4.41. The number of hydrogen-bond donors (Lipinski definition) is 1. The molecule has 0 saturated carbocycles. The monoisotopic (exact) mass is 188 g/mol. The van der Waals surface area contributed by atoms with Crippen LogP contribution in [0.1, 0.15) is 16.8 Å². The molecule has 0 amide bonds. The highest BCUT2D eigenvalue weighted by atomic mass is 15.3. The Morgan fingerprint density at radius 2 is 2.36 bits per heavy atom. The van der Waals surface area contributed by atoms with Crippen molar-refractivity contribution in [2.45, 2.75) is 19.9 Å². The Morgan fingerprint density at radius 1 is 1.43 bits per heavy atom. The van der Waals surface area contributed by atoms with Crippen molar-refractivity contribution in [2.24, 2.45) is 0 Å². The van der Waals surface area contributed by atoms with Crippen LogP contribution in [0.4, 0.5) is 0 Å². The number of fused-ring (bicyclic) bond motifs is 3. The van der Waals surface area contributed by atoms with Gasteiger partial charge in [0.15, 0.2) is 5.65 Å². The SMILES string of the molecule is Cc1cnn2c3c(cnc12)CNCC3. The summed E-state index contributed by atoms with van der Waals surface area (Å²) >= 11 is 0. The molecule has 3 rings (SSSR count). The Bertz CT molecular complexity index is 486. The van der Waals surface area contributed by atoms with Crippen molar-refractivity contribution in [3.8, 4) is 0 Å². The Labute approximate surface area is 82.0 Å². The molecule has 4 nitrogen and oxygen atoms in total. The molecule has 2 aromatic heterocycles. The summed E-state index contributed by atoms with van der Waals surface area (Å²) in [5.41, 5.74) is 4.71. The van der Waals surface area contributed by atoms with Crippen LogP contribution in [0.15, 0.2) is 12.4 Å². The second-order valence-corrected chi connectivity index (χ2v) is 3.72. The average molecular weight is 188 g/mol. The lowest BCUT2D eigenvalue weighted by Gasteiger charge is -2.17. The van der Waals surface area contributed by atoms with Gasteiger partial charge in [-0.05, 0) is 6.92 Å². The van der Waals surface area contributed by atoms with E-state index in [0.717, 1.165) is 30.7 Å². The highest BCUT2D eigenvalue weighted by Gasteiger charge is 2.14. The summed E-state index contributed by atoms with van der Waals surface area (Å²) in [6.45, 7) is 3.99. The fourth-order valence-electron chi connectivity index (χ4n) is 1.97. The zero-order valence-electron chi connectivity index (χ0n) is 8.12. The molecule has 1 N–H and O–H groups in total. The quantitative estimate of drug-likeness (QED) is 0.661. The topological polar surface area (TPSA) is 42.2 Å². The minimum Gasteiger partial charge on any atom is -0.312 e. The van der Waals surface area contributed by atoms with Crippen LogP contribution >= 0.6 is 0 Å². The van der Waals surface area contributed by atoms with Crippen LogP contribution in [0.2, 0.25) is 0 Å². The van der Waals surface area contributed by atoms with Gasteiger partial charge < -0.3 is 5.32 Å². The highest BCUT2D eigenvalue weighted by Crippen LogP contribution is 2.15. The van der Waals surface area contributed by atoms with Crippen LogP contribution in [0.25, 0.3) is 5.65 Å². The van der Waals surface area contributed by atoms with Crippen molar-refractivity contribution < 1.29 is 0 Å². The second-order valence-electron chi connectivity index (χ2n) is 3.72. The van der Waals surface area contributed by atoms with Crippen molar-refractivity contribution in [3.63, 3.8) is 0 Å². The molecule has 4 heteroatoms. The molecule has 1 aliphatic heterocycles. The molecule has 0 aromatic carbocycles. The van der Waals surface area contributed by atoms with Gasteiger partial charge in [0.2, 0.25) is 0 Å². The fraction of sp³-hybridized carbons (Fsp3) is 0.400. The molecule has 0 aliphatic carbocycles. The van der Waals surface area contributed by atoms with Gasteiger partial charge in [0.25, 0.3) is 0 Å². The van der Waals surface area contributed by atoms with Crippen LogP contribution in [-0.4, -0.2) is 21.1 Å². The van der Waals surface area contributed by atoms with Gasteiger partial charge >= 0.3 is 0 Å². The van der Waals surface area contributed by atoms with Crippen LogP contribution < -0.4 is 5.32 Å². The molecular weight excluding hydrogens is 176 g/mol. The largest absolute Gasteiger partial charge is 0.312 e. The predicted octanol–water partition coefficient (Wildman–Crippen LogP) is 0.683. The molecule has 3 heterocycles. The highest BCUT2D eigenvalue weighted by molar-refractivity contribution is 5.47. The average Bonchev–Trinajstić information content (AvgIpc) is 2.61. The van der Waals surface area contributed by atoms with Crippen LogP contribution in [0.5, 0.6) is 0 Å². The first kappa shape index (κ1) is 7.94. The first-order valence-electron chi connectivity index (χ1n) is 4.88. The van der Waals surface area contributed by atoms with Crippen LogP contribution in [-0.2, 0) is 13.0 Å². The minimum atomic E-state index is 0.914. The minimum absolute atomic E-state index is 0.914. The van der Waals surface area contributed by atoms with Crippen LogP contribution in [0.3, 0.4) is 0 Å². The van der Waals surface area contributed by atoms with E-state index in [0.29, 0.717) is 0 Å². The lowest BCUT2D eigenvalue weighted by Crippen LogP contribution is -2.26. The molecule has 0 bridgehead atoms. The molecular formula is C10H12N4. The van der Waals surface area contributed by atoms with E-state index < -0.39 is 0 Å². The van der Waals surface area contributed by atoms with E-state index in [1.54, 1.807) is 0 Å². The van der Waals surface area contributed by atoms with Crippen molar-refractivity contribution in [1.29, 1.82) is 0 Å². The zero-order chi connectivity index (χ0) is 9.54. The van der Waals surface area contributed by atoms with Crippen molar-refractivity contribution in [1.82, 2.24) is 19.9 Å². The van der Waals surface area contributed by atoms with Crippen molar-refractivity contribution in [2.75, 3.05) is 6.54 Å². The van der Waals surface area contributed by atoms with E-state index >= 15 is 0 Å². The van der Waals surface area contributed by atoms with Gasteiger partial charge in [0.1, 0.15) is 0 Å². The number of aromatic nitrogens is 3. The second kappa shape index (κ2) is 2.78. The Balaban J connectivity index is 2.35. The molecule has 0 fully saturated rings. The lowest BCUT2D eigenvalue weighted by molar-refractivity contribution is 0.610. The standard InChI is InChI=1S/C10H12N4/c1-7-4-13-14-9-2-3-11-5-8(9)6-12-10(7)14/h4,6,11H,2-3,5H2,1H3. The predicted molar refractivity (Wildman–Crippen MR) is 53.1 cm³/mol. The van der Waals surface area contributed by atoms with E-state index in [2.05, 4.69) is 15.4 Å². The summed E-state index contributed by atoms with van der Waals surface area (Å²) < 4.78 is 1.98. The van der Waals surface area contributed by atoms with E-state index in [-0.39, 0.29) is 0 Å². The summed E-state index contributed by atoms with van der Waals surface area (Å²) in [7, 11) is 0. The van der Waals surface area contributed by atoms with Gasteiger partial charge in [-0.25, -0.2) is 9.50 Å². The molecule has 1 aliphatic rings. The molecule has 2 aromatic rings. The third-order valence-corrected chi connectivity index (χ3v) is 2.74. The molecule has 72 valence electrons. The van der Waals surface area contributed by atoms with Gasteiger partial charge in [-0.2, -0.15) is 5.10 Å². The molecule has 14 heavy (non-hydrogen) atoms. The molecule has 0 atom stereocenters. The van der Waals surface area contributed by atoms with Crippen LogP contribution in [0, 0.1) is 6.92 Å². The molecule has 0 saturated heterocycles.